The average Bonchev–Trinajstić information content (AvgIpc) is 2.81. The van der Waals surface area contributed by atoms with Crippen LogP contribution in [0, 0.1) is 6.92 Å². The molecule has 7 heteroatoms. The van der Waals surface area contributed by atoms with Crippen molar-refractivity contribution in [2.24, 2.45) is 0 Å². The van der Waals surface area contributed by atoms with E-state index in [1.165, 1.54) is 32.4 Å². The number of methoxy groups -OCH3 is 2. The van der Waals surface area contributed by atoms with Crippen molar-refractivity contribution in [3.8, 4) is 28.6 Å². The van der Waals surface area contributed by atoms with Crippen molar-refractivity contribution in [3.63, 3.8) is 0 Å². The molecule has 0 saturated heterocycles. The van der Waals surface area contributed by atoms with Crippen LogP contribution in [0.1, 0.15) is 15.9 Å². The fraction of sp³-hybridized carbons (Fsp3) is 0.120. The number of carbonyl (C=O) groups excluding carboxylic acids is 1. The molecule has 0 aliphatic rings. The Morgan fingerprint density at radius 2 is 1.62 bits per heavy atom. The van der Waals surface area contributed by atoms with E-state index in [2.05, 4.69) is 0 Å². The van der Waals surface area contributed by atoms with E-state index in [0.717, 1.165) is 5.56 Å². The molecule has 1 heterocycles. The third-order valence-corrected chi connectivity index (χ3v) is 5.17. The molecule has 0 aliphatic carbocycles. The second-order valence-electron chi connectivity index (χ2n) is 7.06. The summed E-state index contributed by atoms with van der Waals surface area (Å²) in [6.45, 7) is 1.94. The Bertz CT molecular complexity index is 1370. The first-order valence-corrected chi connectivity index (χ1v) is 10.1. The molecule has 0 unspecified atom stereocenters. The minimum atomic E-state index is -0.743. The van der Waals surface area contributed by atoms with Crippen LogP contribution in [0.2, 0.25) is 5.02 Å². The molecule has 0 amide bonds. The van der Waals surface area contributed by atoms with Crippen LogP contribution < -0.4 is 19.6 Å². The molecule has 4 rings (SSSR count). The Balaban J connectivity index is 1.85. The lowest BCUT2D eigenvalue weighted by atomic mass is 10.1. The molecule has 162 valence electrons. The summed E-state index contributed by atoms with van der Waals surface area (Å²) < 4.78 is 22.0. The molecule has 0 fully saturated rings. The highest BCUT2D eigenvalue weighted by molar-refractivity contribution is 6.31. The third kappa shape index (κ3) is 4.05. The summed E-state index contributed by atoms with van der Waals surface area (Å²) in [6, 6.07) is 16.6. The fourth-order valence-corrected chi connectivity index (χ4v) is 3.42. The van der Waals surface area contributed by atoms with Gasteiger partial charge in [0, 0.05) is 10.6 Å². The largest absolute Gasteiger partial charge is 0.493 e. The van der Waals surface area contributed by atoms with Crippen molar-refractivity contribution < 1.29 is 23.4 Å². The molecule has 6 nitrogen and oxygen atoms in total. The molecule has 0 aliphatic heterocycles. The average molecular weight is 451 g/mol. The number of hydrogen-bond donors (Lipinski definition) is 0. The lowest BCUT2D eigenvalue weighted by molar-refractivity contribution is 0.0731. The zero-order chi connectivity index (χ0) is 22.8. The number of fused-ring (bicyclic) bond motifs is 1. The van der Waals surface area contributed by atoms with Crippen LogP contribution in [0.15, 0.2) is 69.9 Å². The number of benzene rings is 3. The van der Waals surface area contributed by atoms with E-state index in [1.54, 1.807) is 30.3 Å². The first-order valence-electron chi connectivity index (χ1n) is 9.69. The van der Waals surface area contributed by atoms with Gasteiger partial charge in [-0.05, 0) is 43.3 Å². The lowest BCUT2D eigenvalue weighted by Gasteiger charge is -2.12. The van der Waals surface area contributed by atoms with Gasteiger partial charge in [-0.1, -0.05) is 41.4 Å². The van der Waals surface area contributed by atoms with Gasteiger partial charge in [-0.15, -0.1) is 0 Å². The molecule has 0 bridgehead atoms. The van der Waals surface area contributed by atoms with E-state index in [1.807, 2.05) is 19.1 Å². The van der Waals surface area contributed by atoms with Gasteiger partial charge in [-0.3, -0.25) is 4.79 Å². The van der Waals surface area contributed by atoms with Crippen molar-refractivity contribution in [3.05, 3.63) is 87.0 Å². The zero-order valence-corrected chi connectivity index (χ0v) is 18.4. The molecule has 0 spiro atoms. The fourth-order valence-electron chi connectivity index (χ4n) is 3.25. The zero-order valence-electron chi connectivity index (χ0n) is 17.6. The van der Waals surface area contributed by atoms with Gasteiger partial charge in [0.1, 0.15) is 5.58 Å². The topological polar surface area (TPSA) is 75.0 Å². The second kappa shape index (κ2) is 8.77. The Morgan fingerprint density at radius 3 is 2.31 bits per heavy atom. The van der Waals surface area contributed by atoms with E-state index < -0.39 is 11.4 Å². The third-order valence-electron chi connectivity index (χ3n) is 4.94. The van der Waals surface area contributed by atoms with Crippen molar-refractivity contribution in [2.45, 2.75) is 6.92 Å². The van der Waals surface area contributed by atoms with Crippen molar-refractivity contribution in [1.29, 1.82) is 0 Å². The maximum atomic E-state index is 13.3. The maximum absolute atomic E-state index is 13.3. The van der Waals surface area contributed by atoms with Crippen LogP contribution in [0.25, 0.3) is 22.3 Å². The number of rotatable bonds is 5. The predicted octanol–water partition coefficient (Wildman–Crippen LogP) is 5.66. The van der Waals surface area contributed by atoms with Crippen molar-refractivity contribution >= 4 is 28.5 Å². The van der Waals surface area contributed by atoms with Crippen molar-refractivity contribution in [1.82, 2.24) is 0 Å². The lowest BCUT2D eigenvalue weighted by Crippen LogP contribution is -2.16. The number of esters is 1. The summed E-state index contributed by atoms with van der Waals surface area (Å²) in [6.07, 6.45) is 0. The van der Waals surface area contributed by atoms with E-state index in [0.29, 0.717) is 27.7 Å². The summed E-state index contributed by atoms with van der Waals surface area (Å²) in [5.41, 5.74) is 1.65. The van der Waals surface area contributed by atoms with Gasteiger partial charge in [0.25, 0.3) is 0 Å². The summed E-state index contributed by atoms with van der Waals surface area (Å²) in [4.78, 5) is 26.2. The minimum absolute atomic E-state index is 0.152. The molecule has 0 saturated carbocycles. The Morgan fingerprint density at radius 1 is 0.906 bits per heavy atom. The molecular weight excluding hydrogens is 432 g/mol. The number of halogens is 1. The summed E-state index contributed by atoms with van der Waals surface area (Å²) in [5.74, 6) is 0.0114. The normalized spacial score (nSPS) is 10.8. The maximum Gasteiger partial charge on any atom is 0.343 e. The molecule has 3 aromatic carbocycles. The number of ether oxygens (including phenoxy) is 3. The number of hydrogen-bond acceptors (Lipinski definition) is 6. The highest BCUT2D eigenvalue weighted by Gasteiger charge is 2.22. The van der Waals surface area contributed by atoms with E-state index in [4.69, 9.17) is 30.2 Å². The molecule has 0 radical (unpaired) electrons. The first kappa shape index (κ1) is 21.5. The second-order valence-corrected chi connectivity index (χ2v) is 7.49. The van der Waals surface area contributed by atoms with Crippen LogP contribution in [0.5, 0.6) is 17.2 Å². The smallest absolute Gasteiger partial charge is 0.343 e. The first-order chi connectivity index (χ1) is 15.4. The van der Waals surface area contributed by atoms with Crippen LogP contribution in [-0.4, -0.2) is 20.2 Å². The standard InChI is InChI=1S/C25H19ClO6/c1-14-4-6-15(7-5-14)23-24(22(27)18-13-17(26)9-11-19(18)31-23)32-25(28)16-8-10-20(29-2)21(12-16)30-3/h4-13H,1-3H3. The van der Waals surface area contributed by atoms with Gasteiger partial charge in [0.05, 0.1) is 25.2 Å². The highest BCUT2D eigenvalue weighted by atomic mass is 35.5. The van der Waals surface area contributed by atoms with Crippen LogP contribution >= 0.6 is 11.6 Å². The van der Waals surface area contributed by atoms with Gasteiger partial charge < -0.3 is 18.6 Å². The van der Waals surface area contributed by atoms with Gasteiger partial charge in [0.15, 0.2) is 17.3 Å². The summed E-state index contributed by atoms with van der Waals surface area (Å²) in [5, 5.41) is 0.577. The Kier molecular flexibility index (Phi) is 5.88. The quantitative estimate of drug-likeness (QED) is 0.365. The summed E-state index contributed by atoms with van der Waals surface area (Å²) >= 11 is 6.07. The van der Waals surface area contributed by atoms with Gasteiger partial charge in [-0.2, -0.15) is 0 Å². The van der Waals surface area contributed by atoms with E-state index in [9.17, 15) is 9.59 Å². The van der Waals surface area contributed by atoms with Gasteiger partial charge >= 0.3 is 5.97 Å². The molecule has 32 heavy (non-hydrogen) atoms. The van der Waals surface area contributed by atoms with Gasteiger partial charge in [0.2, 0.25) is 11.2 Å². The van der Waals surface area contributed by atoms with Crippen LogP contribution in [0.4, 0.5) is 0 Å². The Labute approximate surface area is 188 Å². The molecule has 0 N–H and O–H groups in total. The Hall–Kier alpha value is -3.77. The predicted molar refractivity (Wildman–Crippen MR) is 122 cm³/mol. The van der Waals surface area contributed by atoms with Crippen LogP contribution in [0.3, 0.4) is 0 Å². The monoisotopic (exact) mass is 450 g/mol. The molecular formula is C25H19ClO6. The molecule has 0 atom stereocenters. The highest BCUT2D eigenvalue weighted by Crippen LogP contribution is 2.33. The number of carbonyl (C=O) groups is 1. The van der Waals surface area contributed by atoms with Gasteiger partial charge in [-0.25, -0.2) is 4.79 Å². The molecule has 4 aromatic rings. The molecule has 1 aromatic heterocycles. The summed E-state index contributed by atoms with van der Waals surface area (Å²) in [7, 11) is 2.96. The SMILES string of the molecule is COc1ccc(C(=O)Oc2c(-c3ccc(C)cc3)oc3ccc(Cl)cc3c2=O)cc1OC. The minimum Gasteiger partial charge on any atom is -0.493 e. The van der Waals surface area contributed by atoms with E-state index >= 15 is 0 Å². The number of aryl methyl sites for hydroxylation is 1. The van der Waals surface area contributed by atoms with E-state index in [-0.39, 0.29) is 22.5 Å². The van der Waals surface area contributed by atoms with Crippen LogP contribution in [-0.2, 0) is 0 Å². The van der Waals surface area contributed by atoms with Crippen molar-refractivity contribution in [2.75, 3.05) is 14.2 Å².